The SMILES string of the molecule is CC.CC1=NC=C(CN2CCN(CCO)CC2)CC1. The van der Waals surface area contributed by atoms with Gasteiger partial charge in [-0.15, -0.1) is 0 Å². The summed E-state index contributed by atoms with van der Waals surface area (Å²) in [6.07, 6.45) is 4.35. The van der Waals surface area contributed by atoms with Crippen LogP contribution in [0.15, 0.2) is 16.8 Å². The van der Waals surface area contributed by atoms with Gasteiger partial charge >= 0.3 is 0 Å². The van der Waals surface area contributed by atoms with Gasteiger partial charge in [-0.1, -0.05) is 13.8 Å². The summed E-state index contributed by atoms with van der Waals surface area (Å²) >= 11 is 0. The molecule has 2 rings (SSSR count). The van der Waals surface area contributed by atoms with E-state index in [0.717, 1.165) is 45.7 Å². The molecule has 4 heteroatoms. The highest BCUT2D eigenvalue weighted by Gasteiger charge is 2.17. The maximum atomic E-state index is 8.89. The first-order valence-electron chi connectivity index (χ1n) is 7.54. The maximum Gasteiger partial charge on any atom is 0.0558 e. The van der Waals surface area contributed by atoms with Crippen molar-refractivity contribution in [2.24, 2.45) is 4.99 Å². The van der Waals surface area contributed by atoms with Crippen LogP contribution in [-0.4, -0.2) is 66.5 Å². The second kappa shape index (κ2) is 9.23. The normalized spacial score (nSPS) is 21.3. The van der Waals surface area contributed by atoms with Crippen molar-refractivity contribution in [1.29, 1.82) is 0 Å². The number of β-amino-alcohol motifs (C(OH)–C–C–N with tert-alkyl or cyclic N) is 1. The van der Waals surface area contributed by atoms with Gasteiger partial charge in [0.15, 0.2) is 0 Å². The number of nitrogens with zero attached hydrogens (tertiary/aromatic N) is 3. The van der Waals surface area contributed by atoms with Crippen LogP contribution < -0.4 is 0 Å². The lowest BCUT2D eigenvalue weighted by Crippen LogP contribution is -2.47. The lowest BCUT2D eigenvalue weighted by atomic mass is 10.1. The van der Waals surface area contributed by atoms with Crippen LogP contribution in [0.5, 0.6) is 0 Å². The molecule has 2 aliphatic rings. The van der Waals surface area contributed by atoms with E-state index < -0.39 is 0 Å². The summed E-state index contributed by atoms with van der Waals surface area (Å²) in [5.74, 6) is 0. The molecular weight excluding hydrogens is 238 g/mol. The minimum Gasteiger partial charge on any atom is -0.395 e. The first-order chi connectivity index (χ1) is 9.28. The van der Waals surface area contributed by atoms with E-state index >= 15 is 0 Å². The molecule has 2 aliphatic heterocycles. The number of rotatable bonds is 4. The molecular formula is C15H29N3O. The molecule has 0 aliphatic carbocycles. The Morgan fingerprint density at radius 2 is 1.74 bits per heavy atom. The third-order valence-electron chi connectivity index (χ3n) is 3.58. The summed E-state index contributed by atoms with van der Waals surface area (Å²) < 4.78 is 0. The Kier molecular flexibility index (Phi) is 7.94. The average Bonchev–Trinajstić information content (AvgIpc) is 2.46. The Bertz CT molecular complexity index is 305. The number of aliphatic hydroxyl groups is 1. The third kappa shape index (κ3) is 5.85. The standard InChI is InChI=1S/C13H23N3O.C2H6/c1-12-2-3-13(10-14-12)11-16-6-4-15(5-7-16)8-9-17;1-2/h10,17H,2-9,11H2,1H3;1-2H3. The van der Waals surface area contributed by atoms with E-state index in [0.29, 0.717) is 0 Å². The highest BCUT2D eigenvalue weighted by Crippen LogP contribution is 2.14. The van der Waals surface area contributed by atoms with Crippen molar-refractivity contribution in [3.63, 3.8) is 0 Å². The van der Waals surface area contributed by atoms with Gasteiger partial charge in [-0.05, 0) is 25.3 Å². The van der Waals surface area contributed by atoms with E-state index in [1.807, 2.05) is 13.8 Å². The average molecular weight is 267 g/mol. The Morgan fingerprint density at radius 3 is 2.26 bits per heavy atom. The fourth-order valence-electron chi connectivity index (χ4n) is 2.39. The lowest BCUT2D eigenvalue weighted by Gasteiger charge is -2.34. The van der Waals surface area contributed by atoms with Gasteiger partial charge in [0.2, 0.25) is 0 Å². The number of aliphatic hydroxyl groups excluding tert-OH is 1. The third-order valence-corrected chi connectivity index (χ3v) is 3.58. The summed E-state index contributed by atoms with van der Waals surface area (Å²) in [5.41, 5.74) is 2.72. The van der Waals surface area contributed by atoms with Gasteiger partial charge in [-0.25, -0.2) is 0 Å². The van der Waals surface area contributed by atoms with Crippen LogP contribution in [0.1, 0.15) is 33.6 Å². The van der Waals surface area contributed by atoms with E-state index in [1.54, 1.807) is 0 Å². The molecule has 2 heterocycles. The van der Waals surface area contributed by atoms with E-state index in [2.05, 4.69) is 27.9 Å². The molecule has 0 aromatic carbocycles. The van der Waals surface area contributed by atoms with Gasteiger partial charge in [0.05, 0.1) is 6.61 Å². The summed E-state index contributed by atoms with van der Waals surface area (Å²) in [6.45, 7) is 12.6. The number of hydrogen-bond donors (Lipinski definition) is 1. The van der Waals surface area contributed by atoms with Crippen LogP contribution in [0.25, 0.3) is 0 Å². The number of aliphatic imine (C=N–C) groups is 1. The number of hydrogen-bond acceptors (Lipinski definition) is 4. The fourth-order valence-corrected chi connectivity index (χ4v) is 2.39. The molecule has 0 bridgehead atoms. The molecule has 19 heavy (non-hydrogen) atoms. The van der Waals surface area contributed by atoms with Crippen molar-refractivity contribution >= 4 is 5.71 Å². The second-order valence-electron chi connectivity index (χ2n) is 4.99. The van der Waals surface area contributed by atoms with Crippen molar-refractivity contribution < 1.29 is 5.11 Å². The zero-order chi connectivity index (χ0) is 14.1. The molecule has 0 amide bonds. The molecule has 0 spiro atoms. The molecule has 0 saturated carbocycles. The molecule has 1 fully saturated rings. The highest BCUT2D eigenvalue weighted by atomic mass is 16.3. The van der Waals surface area contributed by atoms with Crippen molar-refractivity contribution in [3.05, 3.63) is 11.8 Å². The van der Waals surface area contributed by atoms with E-state index in [1.165, 1.54) is 17.7 Å². The Hall–Kier alpha value is -0.710. The molecule has 1 saturated heterocycles. The second-order valence-corrected chi connectivity index (χ2v) is 4.99. The molecule has 0 atom stereocenters. The predicted octanol–water partition coefficient (Wildman–Crippen LogP) is 1.76. The van der Waals surface area contributed by atoms with Crippen LogP contribution in [-0.2, 0) is 0 Å². The molecule has 0 aromatic heterocycles. The Balaban J connectivity index is 0.000000861. The predicted molar refractivity (Wildman–Crippen MR) is 81.7 cm³/mol. The van der Waals surface area contributed by atoms with Crippen molar-refractivity contribution in [1.82, 2.24) is 9.80 Å². The van der Waals surface area contributed by atoms with Gasteiger partial charge < -0.3 is 5.11 Å². The minimum atomic E-state index is 0.277. The van der Waals surface area contributed by atoms with Gasteiger partial charge in [0, 0.05) is 51.2 Å². The highest BCUT2D eigenvalue weighted by molar-refractivity contribution is 5.83. The summed E-state index contributed by atoms with van der Waals surface area (Å²) in [6, 6.07) is 0. The van der Waals surface area contributed by atoms with Crippen molar-refractivity contribution in [3.8, 4) is 0 Å². The van der Waals surface area contributed by atoms with Crippen LogP contribution in [0.4, 0.5) is 0 Å². The van der Waals surface area contributed by atoms with Crippen LogP contribution in [0, 0.1) is 0 Å². The van der Waals surface area contributed by atoms with Gasteiger partial charge in [-0.3, -0.25) is 14.8 Å². The fraction of sp³-hybridized carbons (Fsp3) is 0.800. The Labute approximate surface area is 117 Å². The largest absolute Gasteiger partial charge is 0.395 e. The van der Waals surface area contributed by atoms with Crippen molar-refractivity contribution in [2.75, 3.05) is 45.9 Å². The molecule has 1 N–H and O–H groups in total. The molecule has 0 unspecified atom stereocenters. The minimum absolute atomic E-state index is 0.277. The zero-order valence-corrected chi connectivity index (χ0v) is 12.7. The summed E-state index contributed by atoms with van der Waals surface area (Å²) in [7, 11) is 0. The molecule has 0 radical (unpaired) electrons. The summed E-state index contributed by atoms with van der Waals surface area (Å²) in [4.78, 5) is 9.23. The van der Waals surface area contributed by atoms with Crippen LogP contribution in [0.3, 0.4) is 0 Å². The van der Waals surface area contributed by atoms with E-state index in [4.69, 9.17) is 5.11 Å². The lowest BCUT2D eigenvalue weighted by molar-refractivity contribution is 0.118. The zero-order valence-electron chi connectivity index (χ0n) is 12.7. The quantitative estimate of drug-likeness (QED) is 0.843. The molecule has 110 valence electrons. The Morgan fingerprint density at radius 1 is 1.11 bits per heavy atom. The van der Waals surface area contributed by atoms with Gasteiger partial charge in [-0.2, -0.15) is 0 Å². The first kappa shape index (κ1) is 16.3. The number of piperazine rings is 1. The van der Waals surface area contributed by atoms with Crippen LogP contribution >= 0.6 is 0 Å². The smallest absolute Gasteiger partial charge is 0.0558 e. The topological polar surface area (TPSA) is 39.1 Å². The summed E-state index contributed by atoms with van der Waals surface area (Å²) in [5, 5.41) is 8.89. The van der Waals surface area contributed by atoms with E-state index in [9.17, 15) is 0 Å². The first-order valence-corrected chi connectivity index (χ1v) is 7.54. The van der Waals surface area contributed by atoms with Gasteiger partial charge in [0.25, 0.3) is 0 Å². The monoisotopic (exact) mass is 267 g/mol. The van der Waals surface area contributed by atoms with Crippen LogP contribution in [0.2, 0.25) is 0 Å². The van der Waals surface area contributed by atoms with E-state index in [-0.39, 0.29) is 6.61 Å². The molecule has 0 aromatic rings. The van der Waals surface area contributed by atoms with Crippen molar-refractivity contribution in [2.45, 2.75) is 33.6 Å². The molecule has 4 nitrogen and oxygen atoms in total. The van der Waals surface area contributed by atoms with Gasteiger partial charge in [0.1, 0.15) is 0 Å². The maximum absolute atomic E-state index is 8.89.